The maximum atomic E-state index is 12.2. The number of thiophene rings is 1. The van der Waals surface area contributed by atoms with E-state index in [1.165, 1.54) is 49.0 Å². The summed E-state index contributed by atoms with van der Waals surface area (Å²) in [5, 5.41) is 0. The monoisotopic (exact) mass is 293 g/mol. The van der Waals surface area contributed by atoms with Crippen LogP contribution in [0.3, 0.4) is 0 Å². The standard InChI is InChI=1S/C16H23NO2S/c18-16(17-19-13-8-5-6-9-13)15-11-12-7-3-1-2-4-10-14(12)20-15/h11,13H,1-10H2,(H,17,18). The van der Waals surface area contributed by atoms with Crippen LogP contribution in [0.2, 0.25) is 0 Å². The molecule has 0 unspecified atom stereocenters. The zero-order valence-corrected chi connectivity index (χ0v) is 12.8. The van der Waals surface area contributed by atoms with Gasteiger partial charge in [0.2, 0.25) is 0 Å². The first-order chi connectivity index (χ1) is 9.83. The molecule has 110 valence electrons. The molecule has 4 heteroatoms. The highest BCUT2D eigenvalue weighted by atomic mass is 32.1. The number of amides is 1. The van der Waals surface area contributed by atoms with Crippen molar-refractivity contribution >= 4 is 17.2 Å². The smallest absolute Gasteiger partial charge is 0.270 e. The van der Waals surface area contributed by atoms with Gasteiger partial charge in [0.15, 0.2) is 0 Å². The van der Waals surface area contributed by atoms with Gasteiger partial charge in [0.25, 0.3) is 5.91 Å². The van der Waals surface area contributed by atoms with Gasteiger partial charge in [0, 0.05) is 4.88 Å². The van der Waals surface area contributed by atoms with E-state index in [2.05, 4.69) is 11.5 Å². The van der Waals surface area contributed by atoms with E-state index in [0.717, 1.165) is 30.6 Å². The van der Waals surface area contributed by atoms with Crippen molar-refractivity contribution < 1.29 is 9.63 Å². The topological polar surface area (TPSA) is 38.3 Å². The van der Waals surface area contributed by atoms with Crippen LogP contribution in [0.4, 0.5) is 0 Å². The molecule has 2 aliphatic rings. The summed E-state index contributed by atoms with van der Waals surface area (Å²) in [5.41, 5.74) is 4.04. The molecule has 1 aromatic rings. The fourth-order valence-corrected chi connectivity index (χ4v) is 4.29. The molecule has 0 aliphatic heterocycles. The first-order valence-electron chi connectivity index (χ1n) is 7.90. The average molecular weight is 293 g/mol. The predicted molar refractivity (Wildman–Crippen MR) is 81.0 cm³/mol. The summed E-state index contributed by atoms with van der Waals surface area (Å²) in [4.78, 5) is 19.9. The largest absolute Gasteiger partial charge is 0.284 e. The molecular weight excluding hydrogens is 270 g/mol. The zero-order valence-electron chi connectivity index (χ0n) is 12.0. The number of rotatable bonds is 3. The van der Waals surface area contributed by atoms with Gasteiger partial charge in [-0.25, -0.2) is 5.48 Å². The van der Waals surface area contributed by atoms with Crippen molar-refractivity contribution in [1.82, 2.24) is 5.48 Å². The van der Waals surface area contributed by atoms with E-state index < -0.39 is 0 Å². The SMILES string of the molecule is O=C(NOC1CCCC1)c1cc2c(s1)CCCCCC2. The van der Waals surface area contributed by atoms with Crippen LogP contribution in [0.25, 0.3) is 0 Å². The van der Waals surface area contributed by atoms with E-state index >= 15 is 0 Å². The normalized spacial score (nSPS) is 20.2. The van der Waals surface area contributed by atoms with E-state index in [9.17, 15) is 4.79 Å². The highest BCUT2D eigenvalue weighted by Crippen LogP contribution is 2.28. The zero-order chi connectivity index (χ0) is 13.8. The summed E-state index contributed by atoms with van der Waals surface area (Å²) >= 11 is 1.66. The van der Waals surface area contributed by atoms with Gasteiger partial charge >= 0.3 is 0 Å². The Labute approximate surface area is 124 Å². The highest BCUT2D eigenvalue weighted by Gasteiger charge is 2.19. The molecule has 0 bridgehead atoms. The number of fused-ring (bicyclic) bond motifs is 1. The molecular formula is C16H23NO2S. The number of hydroxylamine groups is 1. The summed E-state index contributed by atoms with van der Waals surface area (Å²) in [7, 11) is 0. The van der Waals surface area contributed by atoms with Gasteiger partial charge in [-0.15, -0.1) is 11.3 Å². The summed E-state index contributed by atoms with van der Waals surface area (Å²) in [6.45, 7) is 0. The Kier molecular flexibility index (Phi) is 4.73. The minimum atomic E-state index is -0.0614. The molecule has 3 nitrogen and oxygen atoms in total. The molecule has 0 radical (unpaired) electrons. The molecule has 1 heterocycles. The highest BCUT2D eigenvalue weighted by molar-refractivity contribution is 7.14. The van der Waals surface area contributed by atoms with Crippen LogP contribution < -0.4 is 5.48 Å². The average Bonchev–Trinajstić information content (AvgIpc) is 3.06. The molecule has 1 saturated carbocycles. The summed E-state index contributed by atoms with van der Waals surface area (Å²) < 4.78 is 0. The van der Waals surface area contributed by atoms with E-state index in [-0.39, 0.29) is 12.0 Å². The van der Waals surface area contributed by atoms with Crippen molar-refractivity contribution in [3.8, 4) is 0 Å². The second-order valence-corrected chi connectivity index (χ2v) is 7.07. The van der Waals surface area contributed by atoms with Crippen molar-refractivity contribution in [3.63, 3.8) is 0 Å². The van der Waals surface area contributed by atoms with Crippen molar-refractivity contribution in [2.75, 3.05) is 0 Å². The molecule has 0 saturated heterocycles. The Hall–Kier alpha value is -0.870. The Morgan fingerprint density at radius 2 is 1.85 bits per heavy atom. The van der Waals surface area contributed by atoms with Crippen molar-refractivity contribution in [2.45, 2.75) is 70.3 Å². The van der Waals surface area contributed by atoms with Crippen LogP contribution in [0.5, 0.6) is 0 Å². The Balaban J connectivity index is 1.60. The number of hydrogen-bond donors (Lipinski definition) is 1. The van der Waals surface area contributed by atoms with Crippen LogP contribution in [-0.2, 0) is 17.7 Å². The second kappa shape index (κ2) is 6.72. The number of aryl methyl sites for hydroxylation is 2. The third kappa shape index (κ3) is 3.41. The molecule has 1 amide bonds. The number of nitrogens with one attached hydrogen (secondary N) is 1. The third-order valence-electron chi connectivity index (χ3n) is 4.34. The lowest BCUT2D eigenvalue weighted by molar-refractivity contribution is -0.0122. The minimum Gasteiger partial charge on any atom is -0.270 e. The lowest BCUT2D eigenvalue weighted by Gasteiger charge is -2.10. The molecule has 0 aromatic carbocycles. The maximum absolute atomic E-state index is 12.2. The van der Waals surface area contributed by atoms with Crippen LogP contribution in [0.15, 0.2) is 6.07 Å². The lowest BCUT2D eigenvalue weighted by atomic mass is 10.00. The molecule has 1 N–H and O–H groups in total. The fraction of sp³-hybridized carbons (Fsp3) is 0.688. The van der Waals surface area contributed by atoms with Crippen LogP contribution in [-0.4, -0.2) is 12.0 Å². The predicted octanol–water partition coefficient (Wildman–Crippen LogP) is 4.01. The molecule has 0 spiro atoms. The van der Waals surface area contributed by atoms with E-state index in [0.29, 0.717) is 0 Å². The number of hydrogen-bond acceptors (Lipinski definition) is 3. The molecule has 1 fully saturated rings. The summed E-state index contributed by atoms with van der Waals surface area (Å²) in [6.07, 6.45) is 12.2. The Bertz CT molecular complexity index is 438. The first kappa shape index (κ1) is 14.1. The quantitative estimate of drug-likeness (QED) is 0.855. The molecule has 20 heavy (non-hydrogen) atoms. The lowest BCUT2D eigenvalue weighted by Crippen LogP contribution is -2.27. The first-order valence-corrected chi connectivity index (χ1v) is 8.72. The van der Waals surface area contributed by atoms with Gasteiger partial charge in [-0.1, -0.05) is 25.7 Å². The van der Waals surface area contributed by atoms with Crippen LogP contribution >= 0.6 is 11.3 Å². The van der Waals surface area contributed by atoms with E-state index in [1.54, 1.807) is 11.3 Å². The van der Waals surface area contributed by atoms with Gasteiger partial charge in [-0.3, -0.25) is 9.63 Å². The Morgan fingerprint density at radius 3 is 2.65 bits per heavy atom. The number of carbonyl (C=O) groups excluding carboxylic acids is 1. The fourth-order valence-electron chi connectivity index (χ4n) is 3.15. The second-order valence-electron chi connectivity index (χ2n) is 5.93. The van der Waals surface area contributed by atoms with Gasteiger partial charge in [0.05, 0.1) is 11.0 Å². The molecule has 3 rings (SSSR count). The van der Waals surface area contributed by atoms with Gasteiger partial charge in [-0.2, -0.15) is 0 Å². The molecule has 2 aliphatic carbocycles. The summed E-state index contributed by atoms with van der Waals surface area (Å²) in [5.74, 6) is -0.0614. The van der Waals surface area contributed by atoms with Crippen LogP contribution in [0.1, 0.15) is 71.5 Å². The van der Waals surface area contributed by atoms with Gasteiger partial charge < -0.3 is 0 Å². The van der Waals surface area contributed by atoms with Crippen LogP contribution in [0, 0.1) is 0 Å². The minimum absolute atomic E-state index is 0.0614. The molecule has 0 atom stereocenters. The van der Waals surface area contributed by atoms with Crippen molar-refractivity contribution in [3.05, 3.63) is 21.4 Å². The van der Waals surface area contributed by atoms with Gasteiger partial charge in [-0.05, 0) is 50.2 Å². The van der Waals surface area contributed by atoms with Crippen molar-refractivity contribution in [1.29, 1.82) is 0 Å². The van der Waals surface area contributed by atoms with Crippen molar-refractivity contribution in [2.24, 2.45) is 0 Å². The Morgan fingerprint density at radius 1 is 1.10 bits per heavy atom. The maximum Gasteiger partial charge on any atom is 0.284 e. The molecule has 1 aromatic heterocycles. The van der Waals surface area contributed by atoms with E-state index in [1.807, 2.05) is 0 Å². The van der Waals surface area contributed by atoms with Gasteiger partial charge in [0.1, 0.15) is 0 Å². The van der Waals surface area contributed by atoms with E-state index in [4.69, 9.17) is 4.84 Å². The summed E-state index contributed by atoms with van der Waals surface area (Å²) in [6, 6.07) is 2.08. The number of carbonyl (C=O) groups is 1. The third-order valence-corrected chi connectivity index (χ3v) is 5.58.